The van der Waals surface area contributed by atoms with Gasteiger partial charge in [0.25, 0.3) is 5.91 Å². The quantitative estimate of drug-likeness (QED) is 0.607. The van der Waals surface area contributed by atoms with E-state index in [0.29, 0.717) is 12.2 Å². The molecule has 0 aliphatic heterocycles. The van der Waals surface area contributed by atoms with Crippen LogP contribution in [0.1, 0.15) is 16.2 Å². The number of carbonyl (C=O) groups is 1. The summed E-state index contributed by atoms with van der Waals surface area (Å²) >= 11 is 0. The lowest BCUT2D eigenvalue weighted by molar-refractivity contribution is -0.385. The van der Waals surface area contributed by atoms with Crippen molar-refractivity contribution in [1.82, 2.24) is 20.1 Å². The minimum Gasteiger partial charge on any atom is -0.502 e. The number of aromatic nitrogens is 3. The van der Waals surface area contributed by atoms with Crippen molar-refractivity contribution in [2.75, 3.05) is 6.54 Å². The number of nitrogens with zero attached hydrogens (tertiary/aromatic N) is 4. The molecule has 1 aromatic carbocycles. The second-order valence-electron chi connectivity index (χ2n) is 4.27. The Balaban J connectivity index is 2.00. The van der Waals surface area contributed by atoms with Gasteiger partial charge in [0.2, 0.25) is 5.75 Å². The molecule has 0 atom stereocenters. The van der Waals surface area contributed by atoms with E-state index in [1.807, 2.05) is 0 Å². The van der Waals surface area contributed by atoms with Gasteiger partial charge in [-0.3, -0.25) is 19.6 Å². The minimum atomic E-state index is -0.746. The fraction of sp³-hybridized carbons (Fsp3) is 0.250. The van der Waals surface area contributed by atoms with E-state index in [2.05, 4.69) is 15.4 Å². The standard InChI is InChI=1S/C12H13N5O4/c1-16-7-14-10(15-16)5-6-13-12(19)8-3-2-4-9(11(8)18)17(20)21/h2-4,7,18H,5-6H2,1H3,(H,13,19). The first-order chi connectivity index (χ1) is 9.99. The van der Waals surface area contributed by atoms with Gasteiger partial charge in [0.15, 0.2) is 5.82 Å². The van der Waals surface area contributed by atoms with E-state index in [4.69, 9.17) is 0 Å². The van der Waals surface area contributed by atoms with Crippen molar-refractivity contribution in [3.05, 3.63) is 46.0 Å². The van der Waals surface area contributed by atoms with Crippen molar-refractivity contribution in [3.63, 3.8) is 0 Å². The van der Waals surface area contributed by atoms with Gasteiger partial charge in [-0.05, 0) is 6.07 Å². The van der Waals surface area contributed by atoms with Crippen LogP contribution in [0.2, 0.25) is 0 Å². The van der Waals surface area contributed by atoms with Crippen molar-refractivity contribution in [2.24, 2.45) is 7.05 Å². The maximum absolute atomic E-state index is 11.9. The SMILES string of the molecule is Cn1cnc(CCNC(=O)c2cccc([N+](=O)[O-])c2O)n1. The maximum atomic E-state index is 11.9. The number of hydrogen-bond donors (Lipinski definition) is 2. The third-order valence-electron chi connectivity index (χ3n) is 2.74. The molecule has 1 aromatic heterocycles. The highest BCUT2D eigenvalue weighted by Crippen LogP contribution is 2.28. The fourth-order valence-corrected chi connectivity index (χ4v) is 1.74. The molecule has 2 aromatic rings. The van der Waals surface area contributed by atoms with Crippen molar-refractivity contribution >= 4 is 11.6 Å². The first-order valence-corrected chi connectivity index (χ1v) is 6.08. The van der Waals surface area contributed by atoms with E-state index < -0.39 is 22.3 Å². The molecular formula is C12H13N5O4. The largest absolute Gasteiger partial charge is 0.502 e. The highest BCUT2D eigenvalue weighted by atomic mass is 16.6. The molecule has 21 heavy (non-hydrogen) atoms. The number of amides is 1. The molecule has 0 saturated carbocycles. The van der Waals surface area contributed by atoms with Crippen LogP contribution in [-0.2, 0) is 13.5 Å². The van der Waals surface area contributed by atoms with Crippen LogP contribution in [0.15, 0.2) is 24.5 Å². The topological polar surface area (TPSA) is 123 Å². The Labute approximate surface area is 119 Å². The molecular weight excluding hydrogens is 278 g/mol. The third-order valence-corrected chi connectivity index (χ3v) is 2.74. The van der Waals surface area contributed by atoms with Gasteiger partial charge >= 0.3 is 5.69 Å². The molecule has 9 nitrogen and oxygen atoms in total. The van der Waals surface area contributed by atoms with Crippen LogP contribution >= 0.6 is 0 Å². The van der Waals surface area contributed by atoms with Gasteiger partial charge < -0.3 is 10.4 Å². The van der Waals surface area contributed by atoms with Gasteiger partial charge in [0.1, 0.15) is 6.33 Å². The number of nitrogens with one attached hydrogen (secondary N) is 1. The second kappa shape index (κ2) is 5.99. The number of phenols is 1. The van der Waals surface area contributed by atoms with Gasteiger partial charge in [-0.15, -0.1) is 0 Å². The molecule has 0 fully saturated rings. The van der Waals surface area contributed by atoms with Crippen LogP contribution in [0.5, 0.6) is 5.75 Å². The molecule has 0 aliphatic rings. The van der Waals surface area contributed by atoms with Crippen LogP contribution in [0, 0.1) is 10.1 Å². The van der Waals surface area contributed by atoms with Gasteiger partial charge in [-0.25, -0.2) is 4.98 Å². The average Bonchev–Trinajstić information content (AvgIpc) is 2.84. The van der Waals surface area contributed by atoms with Crippen molar-refractivity contribution in [2.45, 2.75) is 6.42 Å². The number of rotatable bonds is 5. The van der Waals surface area contributed by atoms with Crippen LogP contribution in [-0.4, -0.2) is 37.2 Å². The molecule has 2 rings (SSSR count). The molecule has 0 spiro atoms. The first-order valence-electron chi connectivity index (χ1n) is 6.08. The third kappa shape index (κ3) is 3.32. The average molecular weight is 291 g/mol. The molecule has 1 heterocycles. The monoisotopic (exact) mass is 291 g/mol. The van der Waals surface area contributed by atoms with Crippen LogP contribution in [0.25, 0.3) is 0 Å². The number of carbonyl (C=O) groups excluding carboxylic acids is 1. The summed E-state index contributed by atoms with van der Waals surface area (Å²) < 4.78 is 1.55. The van der Waals surface area contributed by atoms with Gasteiger partial charge in [-0.1, -0.05) is 6.07 Å². The zero-order valence-electron chi connectivity index (χ0n) is 11.2. The summed E-state index contributed by atoms with van der Waals surface area (Å²) in [6.07, 6.45) is 1.96. The van der Waals surface area contributed by atoms with Crippen LogP contribution in [0.4, 0.5) is 5.69 Å². The summed E-state index contributed by atoms with van der Waals surface area (Å²) in [6.45, 7) is 0.255. The molecule has 0 saturated heterocycles. The number of hydrogen-bond acceptors (Lipinski definition) is 6. The molecule has 110 valence electrons. The van der Waals surface area contributed by atoms with Crippen molar-refractivity contribution < 1.29 is 14.8 Å². The zero-order chi connectivity index (χ0) is 15.4. The second-order valence-corrected chi connectivity index (χ2v) is 4.27. The summed E-state index contributed by atoms with van der Waals surface area (Å²) in [5.41, 5.74) is -0.646. The molecule has 2 N–H and O–H groups in total. The Bertz CT molecular complexity index is 682. The summed E-state index contributed by atoms with van der Waals surface area (Å²) in [5, 5.41) is 27.0. The van der Waals surface area contributed by atoms with E-state index in [-0.39, 0.29) is 12.1 Å². The molecule has 0 unspecified atom stereocenters. The zero-order valence-corrected chi connectivity index (χ0v) is 11.2. The molecule has 0 aliphatic carbocycles. The Morgan fingerprint density at radius 1 is 1.52 bits per heavy atom. The summed E-state index contributed by atoms with van der Waals surface area (Å²) in [7, 11) is 1.73. The highest BCUT2D eigenvalue weighted by molar-refractivity contribution is 5.98. The lowest BCUT2D eigenvalue weighted by Crippen LogP contribution is -2.26. The van der Waals surface area contributed by atoms with Crippen LogP contribution in [0.3, 0.4) is 0 Å². The van der Waals surface area contributed by atoms with Crippen molar-refractivity contribution in [3.8, 4) is 5.75 Å². The smallest absolute Gasteiger partial charge is 0.311 e. The van der Waals surface area contributed by atoms with E-state index >= 15 is 0 Å². The first kappa shape index (κ1) is 14.4. The number of benzene rings is 1. The summed E-state index contributed by atoms with van der Waals surface area (Å²) in [5.74, 6) is -0.663. The van der Waals surface area contributed by atoms with E-state index in [0.717, 1.165) is 6.07 Å². The normalized spacial score (nSPS) is 10.3. The fourth-order valence-electron chi connectivity index (χ4n) is 1.74. The number of nitro groups is 1. The lowest BCUT2D eigenvalue weighted by Gasteiger charge is -2.05. The van der Waals surface area contributed by atoms with Crippen LogP contribution < -0.4 is 5.32 Å². The molecule has 1 amide bonds. The van der Waals surface area contributed by atoms with Gasteiger partial charge in [-0.2, -0.15) is 5.10 Å². The Morgan fingerprint density at radius 3 is 2.90 bits per heavy atom. The Hall–Kier alpha value is -2.97. The van der Waals surface area contributed by atoms with Gasteiger partial charge in [0.05, 0.1) is 10.5 Å². The lowest BCUT2D eigenvalue weighted by atomic mass is 10.1. The summed E-state index contributed by atoms with van der Waals surface area (Å²) in [6, 6.07) is 3.79. The number of aryl methyl sites for hydroxylation is 1. The Kier molecular flexibility index (Phi) is 4.12. The highest BCUT2D eigenvalue weighted by Gasteiger charge is 2.20. The number of aromatic hydroxyl groups is 1. The predicted octanol–water partition coefficient (Wildman–Crippen LogP) is 0.401. The maximum Gasteiger partial charge on any atom is 0.311 e. The number of phenolic OH excluding ortho intramolecular Hbond substituents is 1. The predicted molar refractivity (Wildman–Crippen MR) is 71.8 cm³/mol. The molecule has 0 bridgehead atoms. The summed E-state index contributed by atoms with van der Waals surface area (Å²) in [4.78, 5) is 25.8. The molecule has 0 radical (unpaired) electrons. The molecule has 9 heteroatoms. The van der Waals surface area contributed by atoms with Gasteiger partial charge in [0, 0.05) is 26.1 Å². The number of para-hydroxylation sites is 1. The van der Waals surface area contributed by atoms with E-state index in [9.17, 15) is 20.0 Å². The Morgan fingerprint density at radius 2 is 2.29 bits per heavy atom. The van der Waals surface area contributed by atoms with E-state index in [1.54, 1.807) is 18.1 Å². The number of nitro benzene ring substituents is 1. The minimum absolute atomic E-state index is 0.141. The van der Waals surface area contributed by atoms with Crippen molar-refractivity contribution in [1.29, 1.82) is 0 Å². The van der Waals surface area contributed by atoms with E-state index in [1.165, 1.54) is 12.1 Å².